The van der Waals surface area contributed by atoms with Crippen molar-refractivity contribution >= 4 is 22.7 Å². The lowest BCUT2D eigenvalue weighted by Gasteiger charge is -2.18. The summed E-state index contributed by atoms with van der Waals surface area (Å²) in [4.78, 5) is 18.5. The van der Waals surface area contributed by atoms with Crippen molar-refractivity contribution in [1.82, 2.24) is 4.98 Å². The van der Waals surface area contributed by atoms with Gasteiger partial charge in [-0.15, -0.1) is 0 Å². The maximum Gasteiger partial charge on any atom is 0.342 e. The van der Waals surface area contributed by atoms with Crippen LogP contribution < -0.4 is 4.90 Å². The lowest BCUT2D eigenvalue weighted by atomic mass is 10.0. The number of pyridine rings is 1. The Kier molecular flexibility index (Phi) is 3.69. The molecule has 100 valence electrons. The Morgan fingerprint density at radius 2 is 2.00 bits per heavy atom. The molecule has 0 saturated heterocycles. The first kappa shape index (κ1) is 13.3. The number of hydrogen-bond donors (Lipinski definition) is 0. The van der Waals surface area contributed by atoms with E-state index in [1.54, 1.807) is 6.92 Å². The van der Waals surface area contributed by atoms with Gasteiger partial charge in [-0.1, -0.05) is 18.2 Å². The molecule has 0 aliphatic carbocycles. The zero-order chi connectivity index (χ0) is 14.0. The van der Waals surface area contributed by atoms with Gasteiger partial charge in [0.25, 0.3) is 0 Å². The Labute approximate surface area is 113 Å². The molecule has 1 aromatic heterocycles. The van der Waals surface area contributed by atoms with Gasteiger partial charge in [0.15, 0.2) is 0 Å². The van der Waals surface area contributed by atoms with Gasteiger partial charge in [0.1, 0.15) is 11.4 Å². The minimum atomic E-state index is -0.318. The highest BCUT2D eigenvalue weighted by molar-refractivity contribution is 6.02. The van der Waals surface area contributed by atoms with Gasteiger partial charge in [-0.25, -0.2) is 9.78 Å². The van der Waals surface area contributed by atoms with E-state index in [1.165, 1.54) is 0 Å². The van der Waals surface area contributed by atoms with Gasteiger partial charge < -0.3 is 9.64 Å². The summed E-state index contributed by atoms with van der Waals surface area (Å²) in [6, 6.07) is 7.81. The van der Waals surface area contributed by atoms with Gasteiger partial charge in [0.05, 0.1) is 12.1 Å². The molecule has 2 aromatic rings. The van der Waals surface area contributed by atoms with Crippen LogP contribution in [0.4, 0.5) is 5.82 Å². The fraction of sp³-hybridized carbons (Fsp3) is 0.333. The van der Waals surface area contributed by atoms with E-state index in [2.05, 4.69) is 4.98 Å². The third-order valence-electron chi connectivity index (χ3n) is 3.04. The zero-order valence-electron chi connectivity index (χ0n) is 11.7. The van der Waals surface area contributed by atoms with Crippen LogP contribution in [0.25, 0.3) is 10.9 Å². The molecule has 0 spiro atoms. The molecule has 2 rings (SSSR count). The van der Waals surface area contributed by atoms with Crippen molar-refractivity contribution in [2.24, 2.45) is 0 Å². The van der Waals surface area contributed by atoms with E-state index < -0.39 is 0 Å². The van der Waals surface area contributed by atoms with Gasteiger partial charge in [0.2, 0.25) is 0 Å². The Balaban J connectivity index is 2.74. The smallest absolute Gasteiger partial charge is 0.342 e. The maximum absolute atomic E-state index is 12.1. The molecule has 4 nitrogen and oxygen atoms in total. The molecule has 0 fully saturated rings. The molecule has 0 bridgehead atoms. The van der Waals surface area contributed by atoms with Crippen molar-refractivity contribution in [1.29, 1.82) is 0 Å². The number of fused-ring (bicyclic) bond motifs is 1. The summed E-state index contributed by atoms with van der Waals surface area (Å²) in [7, 11) is 3.75. The molecule has 0 aliphatic rings. The van der Waals surface area contributed by atoms with Gasteiger partial charge in [-0.3, -0.25) is 0 Å². The number of carbonyl (C=O) groups is 1. The summed E-state index contributed by atoms with van der Waals surface area (Å²) in [5.74, 6) is 0.330. The van der Waals surface area contributed by atoms with E-state index in [0.29, 0.717) is 18.0 Å². The van der Waals surface area contributed by atoms with E-state index in [9.17, 15) is 4.79 Å². The van der Waals surface area contributed by atoms with Crippen LogP contribution in [0.5, 0.6) is 0 Å². The fourth-order valence-electron chi connectivity index (χ4n) is 2.13. The minimum Gasteiger partial charge on any atom is -0.462 e. The van der Waals surface area contributed by atoms with Crippen LogP contribution in [-0.4, -0.2) is 31.7 Å². The zero-order valence-corrected chi connectivity index (χ0v) is 11.7. The first-order valence-corrected chi connectivity index (χ1v) is 6.30. The van der Waals surface area contributed by atoms with Crippen molar-refractivity contribution in [3.8, 4) is 0 Å². The highest BCUT2D eigenvalue weighted by atomic mass is 16.5. The van der Waals surface area contributed by atoms with Crippen LogP contribution in [0.15, 0.2) is 24.3 Å². The van der Waals surface area contributed by atoms with E-state index in [1.807, 2.05) is 50.2 Å². The summed E-state index contributed by atoms with van der Waals surface area (Å²) < 4.78 is 5.14. The van der Waals surface area contributed by atoms with Crippen molar-refractivity contribution in [3.05, 3.63) is 35.4 Å². The molecule has 0 atom stereocenters. The largest absolute Gasteiger partial charge is 0.462 e. The Hall–Kier alpha value is -2.10. The van der Waals surface area contributed by atoms with Crippen LogP contribution in [0, 0.1) is 6.92 Å². The van der Waals surface area contributed by atoms with Crippen LogP contribution >= 0.6 is 0 Å². The molecule has 0 radical (unpaired) electrons. The van der Waals surface area contributed by atoms with Crippen molar-refractivity contribution in [2.45, 2.75) is 13.8 Å². The predicted octanol–water partition coefficient (Wildman–Crippen LogP) is 2.79. The second-order valence-electron chi connectivity index (χ2n) is 4.57. The summed E-state index contributed by atoms with van der Waals surface area (Å²) in [5, 5.41) is 0.983. The number of hydrogen-bond acceptors (Lipinski definition) is 4. The molecular weight excluding hydrogens is 240 g/mol. The second kappa shape index (κ2) is 5.26. The van der Waals surface area contributed by atoms with Crippen molar-refractivity contribution < 1.29 is 9.53 Å². The average Bonchev–Trinajstić information content (AvgIpc) is 2.38. The Morgan fingerprint density at radius 3 is 2.63 bits per heavy atom. The number of aryl methyl sites for hydroxylation is 1. The molecule has 4 heteroatoms. The van der Waals surface area contributed by atoms with Crippen LogP contribution in [0.2, 0.25) is 0 Å². The fourth-order valence-corrected chi connectivity index (χ4v) is 2.13. The van der Waals surface area contributed by atoms with Crippen LogP contribution in [0.3, 0.4) is 0 Å². The summed E-state index contributed by atoms with van der Waals surface area (Å²) in [6.07, 6.45) is 0. The van der Waals surface area contributed by atoms with Gasteiger partial charge in [-0.05, 0) is 25.5 Å². The molecule has 19 heavy (non-hydrogen) atoms. The molecule has 1 aromatic carbocycles. The number of aromatic nitrogens is 1. The quantitative estimate of drug-likeness (QED) is 0.794. The normalized spacial score (nSPS) is 10.5. The third-order valence-corrected chi connectivity index (χ3v) is 3.04. The number of nitrogens with zero attached hydrogens (tertiary/aromatic N) is 2. The third kappa shape index (κ3) is 2.38. The van der Waals surface area contributed by atoms with E-state index >= 15 is 0 Å². The summed E-state index contributed by atoms with van der Waals surface area (Å²) in [5.41, 5.74) is 2.34. The first-order valence-electron chi connectivity index (χ1n) is 6.30. The molecule has 0 saturated carbocycles. The second-order valence-corrected chi connectivity index (χ2v) is 4.57. The van der Waals surface area contributed by atoms with E-state index in [4.69, 9.17) is 4.74 Å². The van der Waals surface area contributed by atoms with Crippen LogP contribution in [-0.2, 0) is 4.74 Å². The molecule has 1 heterocycles. The molecule has 0 aliphatic heterocycles. The Bertz CT molecular complexity index is 621. The van der Waals surface area contributed by atoms with E-state index in [-0.39, 0.29) is 5.97 Å². The molecule has 0 amide bonds. The van der Waals surface area contributed by atoms with Crippen LogP contribution in [0.1, 0.15) is 22.8 Å². The summed E-state index contributed by atoms with van der Waals surface area (Å²) in [6.45, 7) is 4.10. The van der Waals surface area contributed by atoms with E-state index in [0.717, 1.165) is 16.5 Å². The predicted molar refractivity (Wildman–Crippen MR) is 76.8 cm³/mol. The monoisotopic (exact) mass is 258 g/mol. The molecular formula is C15H18N2O2. The highest BCUT2D eigenvalue weighted by Gasteiger charge is 2.20. The molecule has 0 unspecified atom stereocenters. The number of ether oxygens (including phenoxy) is 1. The van der Waals surface area contributed by atoms with Gasteiger partial charge >= 0.3 is 5.97 Å². The SMILES string of the molecule is CCOC(=O)c1c(N(C)C)nc2ccccc2c1C. The number of benzene rings is 1. The van der Waals surface area contributed by atoms with Crippen molar-refractivity contribution in [3.63, 3.8) is 0 Å². The standard InChI is InChI=1S/C15H18N2O2/c1-5-19-15(18)13-10(2)11-8-6-7-9-12(11)16-14(13)17(3)4/h6-9H,5H2,1-4H3. The Morgan fingerprint density at radius 1 is 1.32 bits per heavy atom. The lowest BCUT2D eigenvalue weighted by Crippen LogP contribution is -2.18. The maximum atomic E-state index is 12.1. The topological polar surface area (TPSA) is 42.4 Å². The first-order chi connectivity index (χ1) is 9.06. The lowest BCUT2D eigenvalue weighted by molar-refractivity contribution is 0.0526. The number of rotatable bonds is 3. The average molecular weight is 258 g/mol. The number of carbonyl (C=O) groups excluding carboxylic acids is 1. The number of para-hydroxylation sites is 1. The van der Waals surface area contributed by atoms with Gasteiger partial charge in [0, 0.05) is 19.5 Å². The van der Waals surface area contributed by atoms with Gasteiger partial charge in [-0.2, -0.15) is 0 Å². The van der Waals surface area contributed by atoms with Crippen molar-refractivity contribution in [2.75, 3.05) is 25.6 Å². The molecule has 0 N–H and O–H groups in total. The number of anilines is 1. The summed E-state index contributed by atoms with van der Waals surface area (Å²) >= 11 is 0. The highest BCUT2D eigenvalue weighted by Crippen LogP contribution is 2.28. The number of esters is 1. The minimum absolute atomic E-state index is 0.318.